The van der Waals surface area contributed by atoms with Crippen molar-refractivity contribution in [2.45, 2.75) is 26.3 Å². The minimum Gasteiger partial charge on any atom is -0.480 e. The number of aliphatic carboxylic acids is 1. The van der Waals surface area contributed by atoms with E-state index in [2.05, 4.69) is 10.3 Å². The summed E-state index contributed by atoms with van der Waals surface area (Å²) in [5.74, 6) is -1.26. The number of benzene rings is 1. The number of fused-ring (bicyclic) bond motifs is 1. The molecule has 0 saturated heterocycles. The molecule has 21 heavy (non-hydrogen) atoms. The second kappa shape index (κ2) is 6.35. The van der Waals surface area contributed by atoms with Gasteiger partial charge in [0.1, 0.15) is 6.04 Å². The summed E-state index contributed by atoms with van der Waals surface area (Å²) in [7, 11) is 0. The van der Waals surface area contributed by atoms with E-state index in [1.54, 1.807) is 6.07 Å². The lowest BCUT2D eigenvalue weighted by atomic mass is 10.0. The van der Waals surface area contributed by atoms with Crippen LogP contribution in [0.1, 0.15) is 30.6 Å². The first-order valence-corrected chi connectivity index (χ1v) is 6.86. The average molecular weight is 286 g/mol. The lowest BCUT2D eigenvalue weighted by Gasteiger charge is -2.16. The van der Waals surface area contributed by atoms with Gasteiger partial charge < -0.3 is 10.4 Å². The molecule has 1 atom stereocenters. The van der Waals surface area contributed by atoms with Crippen molar-refractivity contribution in [1.82, 2.24) is 10.3 Å². The van der Waals surface area contributed by atoms with Crippen molar-refractivity contribution in [2.24, 2.45) is 5.92 Å². The monoisotopic (exact) mass is 286 g/mol. The molecule has 0 radical (unpaired) electrons. The van der Waals surface area contributed by atoms with Gasteiger partial charge in [0.2, 0.25) is 0 Å². The number of carboxylic acids is 1. The molecule has 1 aromatic heterocycles. The van der Waals surface area contributed by atoms with Crippen LogP contribution in [0.3, 0.4) is 0 Å². The zero-order valence-corrected chi connectivity index (χ0v) is 12.0. The molecule has 1 heterocycles. The van der Waals surface area contributed by atoms with Gasteiger partial charge in [-0.1, -0.05) is 32.0 Å². The highest BCUT2D eigenvalue weighted by Crippen LogP contribution is 2.13. The Bertz CT molecular complexity index is 667. The van der Waals surface area contributed by atoms with Crippen molar-refractivity contribution < 1.29 is 14.7 Å². The van der Waals surface area contributed by atoms with Gasteiger partial charge in [-0.3, -0.25) is 9.78 Å². The largest absolute Gasteiger partial charge is 0.480 e. The smallest absolute Gasteiger partial charge is 0.326 e. The maximum absolute atomic E-state index is 12.2. The number of rotatable bonds is 5. The van der Waals surface area contributed by atoms with E-state index in [1.165, 1.54) is 6.20 Å². The van der Waals surface area contributed by atoms with E-state index in [9.17, 15) is 9.59 Å². The number of aromatic nitrogens is 1. The maximum Gasteiger partial charge on any atom is 0.326 e. The summed E-state index contributed by atoms with van der Waals surface area (Å²) < 4.78 is 0. The van der Waals surface area contributed by atoms with E-state index < -0.39 is 17.9 Å². The molecule has 1 aromatic carbocycles. The summed E-state index contributed by atoms with van der Waals surface area (Å²) in [5, 5.41) is 12.6. The van der Waals surface area contributed by atoms with Crippen LogP contribution < -0.4 is 5.32 Å². The van der Waals surface area contributed by atoms with Gasteiger partial charge in [-0.15, -0.1) is 0 Å². The number of para-hydroxylation sites is 1. The first kappa shape index (κ1) is 15.0. The predicted molar refractivity (Wildman–Crippen MR) is 80.1 cm³/mol. The van der Waals surface area contributed by atoms with E-state index in [0.717, 1.165) is 10.9 Å². The maximum atomic E-state index is 12.2. The van der Waals surface area contributed by atoms with E-state index in [0.29, 0.717) is 12.0 Å². The van der Waals surface area contributed by atoms with Crippen LogP contribution in [-0.2, 0) is 4.79 Å². The van der Waals surface area contributed by atoms with Gasteiger partial charge in [-0.05, 0) is 24.5 Å². The summed E-state index contributed by atoms with van der Waals surface area (Å²) in [5.41, 5.74) is 1.16. The Morgan fingerprint density at radius 1 is 1.29 bits per heavy atom. The topological polar surface area (TPSA) is 79.3 Å². The highest BCUT2D eigenvalue weighted by atomic mass is 16.4. The van der Waals surface area contributed by atoms with Crippen molar-refractivity contribution in [1.29, 1.82) is 0 Å². The number of nitrogens with one attached hydrogen (secondary N) is 1. The minimum atomic E-state index is -1.02. The second-order valence-electron chi connectivity index (χ2n) is 5.41. The van der Waals surface area contributed by atoms with Crippen LogP contribution in [0.15, 0.2) is 36.5 Å². The Labute approximate surface area is 123 Å². The number of hydrogen-bond donors (Lipinski definition) is 2. The third-order valence-corrected chi connectivity index (χ3v) is 3.16. The van der Waals surface area contributed by atoms with Crippen molar-refractivity contribution in [3.8, 4) is 0 Å². The zero-order valence-electron chi connectivity index (χ0n) is 12.0. The first-order chi connectivity index (χ1) is 9.97. The van der Waals surface area contributed by atoms with Gasteiger partial charge in [0.25, 0.3) is 5.91 Å². The average Bonchev–Trinajstić information content (AvgIpc) is 2.45. The Balaban J connectivity index is 2.19. The standard InChI is InChI=1S/C16H18N2O3/c1-10(2)7-14(16(20)21)18-15(19)12-8-11-5-3-4-6-13(11)17-9-12/h3-6,8-10,14H,7H2,1-2H3,(H,18,19)(H,20,21)/t14-/m0/s1. The molecule has 0 aliphatic heterocycles. The normalized spacial score (nSPS) is 12.3. The molecule has 0 fully saturated rings. The van der Waals surface area contributed by atoms with Gasteiger partial charge in [-0.25, -0.2) is 4.79 Å². The Hall–Kier alpha value is -2.43. The molecule has 0 bridgehead atoms. The van der Waals surface area contributed by atoms with Crippen molar-refractivity contribution in [3.63, 3.8) is 0 Å². The number of pyridine rings is 1. The zero-order chi connectivity index (χ0) is 15.4. The van der Waals surface area contributed by atoms with Crippen LogP contribution in [-0.4, -0.2) is 28.0 Å². The Kier molecular flexibility index (Phi) is 4.52. The molecule has 2 rings (SSSR count). The second-order valence-corrected chi connectivity index (χ2v) is 5.41. The lowest BCUT2D eigenvalue weighted by Crippen LogP contribution is -2.41. The molecule has 110 valence electrons. The van der Waals surface area contributed by atoms with Crippen molar-refractivity contribution in [2.75, 3.05) is 0 Å². The van der Waals surface area contributed by atoms with Gasteiger partial charge in [0, 0.05) is 11.6 Å². The van der Waals surface area contributed by atoms with Gasteiger partial charge in [-0.2, -0.15) is 0 Å². The molecule has 0 aliphatic rings. The summed E-state index contributed by atoms with van der Waals surface area (Å²) >= 11 is 0. The van der Waals surface area contributed by atoms with Crippen molar-refractivity contribution in [3.05, 3.63) is 42.1 Å². The Morgan fingerprint density at radius 3 is 2.67 bits per heavy atom. The summed E-state index contributed by atoms with van der Waals surface area (Å²) in [6, 6.07) is 8.29. The number of carbonyl (C=O) groups excluding carboxylic acids is 1. The lowest BCUT2D eigenvalue weighted by molar-refractivity contribution is -0.139. The fourth-order valence-electron chi connectivity index (χ4n) is 2.13. The fourth-order valence-corrected chi connectivity index (χ4v) is 2.13. The molecule has 5 heteroatoms. The molecule has 2 N–H and O–H groups in total. The molecule has 2 aromatic rings. The molecule has 0 saturated carbocycles. The van der Waals surface area contributed by atoms with E-state index >= 15 is 0 Å². The minimum absolute atomic E-state index is 0.182. The summed E-state index contributed by atoms with van der Waals surface area (Å²) in [6.45, 7) is 3.83. The molecule has 1 amide bonds. The van der Waals surface area contributed by atoms with Crippen LogP contribution in [0.2, 0.25) is 0 Å². The van der Waals surface area contributed by atoms with E-state index in [4.69, 9.17) is 5.11 Å². The summed E-state index contributed by atoms with van der Waals surface area (Å²) in [6.07, 6.45) is 1.86. The number of nitrogens with zero attached hydrogens (tertiary/aromatic N) is 1. The molecular formula is C16H18N2O3. The number of amides is 1. The molecule has 0 unspecified atom stereocenters. The number of carbonyl (C=O) groups is 2. The summed E-state index contributed by atoms with van der Waals surface area (Å²) in [4.78, 5) is 27.6. The van der Waals surface area contributed by atoms with Crippen LogP contribution in [0, 0.1) is 5.92 Å². The third kappa shape index (κ3) is 3.78. The predicted octanol–water partition coefficient (Wildman–Crippen LogP) is 2.46. The Morgan fingerprint density at radius 2 is 2.00 bits per heavy atom. The number of hydrogen-bond acceptors (Lipinski definition) is 3. The quantitative estimate of drug-likeness (QED) is 0.885. The fraction of sp³-hybridized carbons (Fsp3) is 0.312. The van der Waals surface area contributed by atoms with Gasteiger partial charge in [0.05, 0.1) is 11.1 Å². The SMILES string of the molecule is CC(C)C[C@H](NC(=O)c1cnc2ccccc2c1)C(=O)O. The highest BCUT2D eigenvalue weighted by molar-refractivity contribution is 5.99. The van der Waals surface area contributed by atoms with Crippen LogP contribution in [0.5, 0.6) is 0 Å². The molecule has 0 spiro atoms. The first-order valence-electron chi connectivity index (χ1n) is 6.86. The van der Waals surface area contributed by atoms with Crippen LogP contribution in [0.4, 0.5) is 0 Å². The highest BCUT2D eigenvalue weighted by Gasteiger charge is 2.21. The van der Waals surface area contributed by atoms with Crippen molar-refractivity contribution >= 4 is 22.8 Å². The van der Waals surface area contributed by atoms with E-state index in [1.807, 2.05) is 38.1 Å². The van der Waals surface area contributed by atoms with Gasteiger partial charge >= 0.3 is 5.97 Å². The molecule has 0 aliphatic carbocycles. The molecule has 5 nitrogen and oxygen atoms in total. The van der Waals surface area contributed by atoms with Crippen LogP contribution in [0.25, 0.3) is 10.9 Å². The van der Waals surface area contributed by atoms with E-state index in [-0.39, 0.29) is 5.92 Å². The molecular weight excluding hydrogens is 268 g/mol. The van der Waals surface area contributed by atoms with Gasteiger partial charge in [0.15, 0.2) is 0 Å². The number of carboxylic acid groups (broad SMARTS) is 1. The third-order valence-electron chi connectivity index (χ3n) is 3.16. The van der Waals surface area contributed by atoms with Crippen LogP contribution >= 0.6 is 0 Å².